The van der Waals surface area contributed by atoms with Crippen LogP contribution in [0.15, 0.2) is 30.7 Å². The third kappa shape index (κ3) is 2.19. The minimum absolute atomic E-state index is 0.110. The number of hydrogen-bond acceptors (Lipinski definition) is 3. The van der Waals surface area contributed by atoms with Gasteiger partial charge in [-0.3, -0.25) is 9.78 Å². The number of rotatable bonds is 3. The van der Waals surface area contributed by atoms with Gasteiger partial charge in [-0.25, -0.2) is 4.98 Å². The number of nitrogens with one attached hydrogen (secondary N) is 1. The first-order chi connectivity index (χ1) is 7.25. The van der Waals surface area contributed by atoms with Crippen molar-refractivity contribution in [3.05, 3.63) is 36.4 Å². The summed E-state index contributed by atoms with van der Waals surface area (Å²) in [5.41, 5.74) is 1.93. The molecule has 2 heterocycles. The average Bonchev–Trinajstić information content (AvgIpc) is 2.69. The summed E-state index contributed by atoms with van der Waals surface area (Å²) >= 11 is 0. The molecule has 0 aliphatic rings. The van der Waals surface area contributed by atoms with Crippen molar-refractivity contribution in [2.75, 3.05) is 0 Å². The van der Waals surface area contributed by atoms with E-state index in [0.29, 0.717) is 11.4 Å². The molecule has 0 aromatic carbocycles. The molecular formula is C10H9N3O2. The monoisotopic (exact) mass is 203 g/mol. The molecule has 2 aromatic rings. The number of aliphatic carboxylic acids is 1. The van der Waals surface area contributed by atoms with E-state index in [1.165, 1.54) is 6.20 Å². The van der Waals surface area contributed by atoms with Crippen LogP contribution in [0.25, 0.3) is 11.4 Å². The van der Waals surface area contributed by atoms with Crippen LogP contribution in [0.1, 0.15) is 5.69 Å². The zero-order chi connectivity index (χ0) is 10.7. The summed E-state index contributed by atoms with van der Waals surface area (Å²) in [6, 6.07) is 3.70. The van der Waals surface area contributed by atoms with Crippen molar-refractivity contribution in [1.29, 1.82) is 0 Å². The summed E-state index contributed by atoms with van der Waals surface area (Å²) in [7, 11) is 0. The summed E-state index contributed by atoms with van der Waals surface area (Å²) < 4.78 is 0. The van der Waals surface area contributed by atoms with E-state index in [1.54, 1.807) is 12.4 Å². The highest BCUT2D eigenvalue weighted by Crippen LogP contribution is 2.12. The van der Waals surface area contributed by atoms with Gasteiger partial charge in [-0.1, -0.05) is 0 Å². The summed E-state index contributed by atoms with van der Waals surface area (Å²) in [4.78, 5) is 21.6. The summed E-state index contributed by atoms with van der Waals surface area (Å²) in [6.45, 7) is 0. The Balaban J connectivity index is 2.31. The Hall–Kier alpha value is -2.17. The zero-order valence-electron chi connectivity index (χ0n) is 7.84. The van der Waals surface area contributed by atoms with Crippen LogP contribution in [-0.2, 0) is 11.2 Å². The van der Waals surface area contributed by atoms with Crippen molar-refractivity contribution < 1.29 is 9.90 Å². The number of nitrogens with zero attached hydrogens (tertiary/aromatic N) is 2. The van der Waals surface area contributed by atoms with Gasteiger partial charge in [0, 0.05) is 12.4 Å². The fraction of sp³-hybridized carbons (Fsp3) is 0.100. The first kappa shape index (κ1) is 9.39. The summed E-state index contributed by atoms with van der Waals surface area (Å²) in [5, 5.41) is 8.61. The van der Waals surface area contributed by atoms with E-state index in [-0.39, 0.29) is 6.42 Å². The standard InChI is InChI=1S/C10H9N3O2/c14-10(15)4-7-5-11-6-9(13-7)8-2-1-3-12-8/h1-3,5-6,12H,4H2,(H,14,15). The van der Waals surface area contributed by atoms with E-state index in [4.69, 9.17) is 5.11 Å². The smallest absolute Gasteiger partial charge is 0.309 e. The molecule has 0 atom stereocenters. The molecule has 76 valence electrons. The molecule has 5 nitrogen and oxygen atoms in total. The van der Waals surface area contributed by atoms with Crippen molar-refractivity contribution in [2.45, 2.75) is 6.42 Å². The van der Waals surface area contributed by atoms with Crippen molar-refractivity contribution in [3.8, 4) is 11.4 Å². The van der Waals surface area contributed by atoms with Gasteiger partial charge in [0.05, 0.1) is 24.0 Å². The van der Waals surface area contributed by atoms with Gasteiger partial charge in [0.2, 0.25) is 0 Å². The van der Waals surface area contributed by atoms with E-state index < -0.39 is 5.97 Å². The molecule has 0 amide bonds. The van der Waals surface area contributed by atoms with E-state index in [2.05, 4.69) is 15.0 Å². The second-order valence-electron chi connectivity index (χ2n) is 3.05. The molecule has 5 heteroatoms. The van der Waals surface area contributed by atoms with E-state index in [0.717, 1.165) is 5.69 Å². The van der Waals surface area contributed by atoms with Crippen LogP contribution in [0.3, 0.4) is 0 Å². The maximum atomic E-state index is 10.5. The molecule has 0 unspecified atom stereocenters. The van der Waals surface area contributed by atoms with Crippen LogP contribution in [0.2, 0.25) is 0 Å². The Labute approximate surface area is 85.8 Å². The molecular weight excluding hydrogens is 194 g/mol. The maximum absolute atomic E-state index is 10.5. The lowest BCUT2D eigenvalue weighted by Crippen LogP contribution is -2.03. The van der Waals surface area contributed by atoms with E-state index in [9.17, 15) is 4.79 Å². The van der Waals surface area contributed by atoms with Gasteiger partial charge in [0.1, 0.15) is 5.69 Å². The van der Waals surface area contributed by atoms with Crippen molar-refractivity contribution in [3.63, 3.8) is 0 Å². The largest absolute Gasteiger partial charge is 0.481 e. The Morgan fingerprint density at radius 1 is 1.47 bits per heavy atom. The normalized spacial score (nSPS) is 10.1. The van der Waals surface area contributed by atoms with Crippen LogP contribution >= 0.6 is 0 Å². The lowest BCUT2D eigenvalue weighted by molar-refractivity contribution is -0.136. The predicted molar refractivity (Wildman–Crippen MR) is 53.2 cm³/mol. The van der Waals surface area contributed by atoms with Gasteiger partial charge in [-0.2, -0.15) is 0 Å². The molecule has 2 N–H and O–H groups in total. The SMILES string of the molecule is O=C(O)Cc1cncc(-c2ccc[nH]2)n1. The number of aromatic nitrogens is 3. The number of carbonyl (C=O) groups is 1. The van der Waals surface area contributed by atoms with Gasteiger partial charge in [-0.05, 0) is 12.1 Å². The predicted octanol–water partition coefficient (Wildman–Crippen LogP) is 1.10. The molecule has 0 fully saturated rings. The first-order valence-corrected chi connectivity index (χ1v) is 4.42. The van der Waals surface area contributed by atoms with E-state index >= 15 is 0 Å². The van der Waals surface area contributed by atoms with Crippen LogP contribution in [0.5, 0.6) is 0 Å². The number of H-pyrrole nitrogens is 1. The molecule has 0 bridgehead atoms. The second kappa shape index (κ2) is 3.91. The molecule has 0 saturated heterocycles. The van der Waals surface area contributed by atoms with Crippen LogP contribution in [0, 0.1) is 0 Å². The Bertz CT molecular complexity index is 465. The second-order valence-corrected chi connectivity index (χ2v) is 3.05. The van der Waals surface area contributed by atoms with Crippen molar-refractivity contribution in [2.24, 2.45) is 0 Å². The molecule has 0 aliphatic heterocycles. The third-order valence-corrected chi connectivity index (χ3v) is 1.89. The minimum atomic E-state index is -0.909. The quantitative estimate of drug-likeness (QED) is 0.782. The van der Waals surface area contributed by atoms with E-state index in [1.807, 2.05) is 12.1 Å². The molecule has 0 aliphatic carbocycles. The van der Waals surface area contributed by atoms with Gasteiger partial charge in [0.25, 0.3) is 0 Å². The average molecular weight is 203 g/mol. The number of carboxylic acids is 1. The summed E-state index contributed by atoms with van der Waals surface area (Å²) in [5.74, 6) is -0.909. The maximum Gasteiger partial charge on any atom is 0.309 e. The molecule has 0 spiro atoms. The van der Waals surface area contributed by atoms with Crippen LogP contribution < -0.4 is 0 Å². The van der Waals surface area contributed by atoms with Gasteiger partial charge in [0.15, 0.2) is 0 Å². The molecule has 0 saturated carbocycles. The Morgan fingerprint density at radius 3 is 3.00 bits per heavy atom. The van der Waals surface area contributed by atoms with Gasteiger partial charge >= 0.3 is 5.97 Å². The topological polar surface area (TPSA) is 78.9 Å². The fourth-order valence-electron chi connectivity index (χ4n) is 1.27. The highest BCUT2D eigenvalue weighted by Gasteiger charge is 2.05. The highest BCUT2D eigenvalue weighted by molar-refractivity contribution is 5.69. The van der Waals surface area contributed by atoms with Crippen molar-refractivity contribution in [1.82, 2.24) is 15.0 Å². The number of aromatic amines is 1. The summed E-state index contributed by atoms with van der Waals surface area (Å²) in [6.07, 6.45) is 4.72. The molecule has 2 aromatic heterocycles. The van der Waals surface area contributed by atoms with Gasteiger partial charge < -0.3 is 10.1 Å². The van der Waals surface area contributed by atoms with Crippen LogP contribution in [0.4, 0.5) is 0 Å². The van der Waals surface area contributed by atoms with Gasteiger partial charge in [-0.15, -0.1) is 0 Å². The lowest BCUT2D eigenvalue weighted by Gasteiger charge is -1.99. The fourth-order valence-corrected chi connectivity index (χ4v) is 1.27. The minimum Gasteiger partial charge on any atom is -0.481 e. The number of hydrogen-bond donors (Lipinski definition) is 2. The number of carboxylic acid groups (broad SMARTS) is 1. The Morgan fingerprint density at radius 2 is 2.33 bits per heavy atom. The highest BCUT2D eigenvalue weighted by atomic mass is 16.4. The van der Waals surface area contributed by atoms with Crippen LogP contribution in [-0.4, -0.2) is 26.0 Å². The first-order valence-electron chi connectivity index (χ1n) is 4.42. The third-order valence-electron chi connectivity index (χ3n) is 1.89. The lowest BCUT2D eigenvalue weighted by atomic mass is 10.3. The molecule has 2 rings (SSSR count). The molecule has 0 radical (unpaired) electrons. The zero-order valence-corrected chi connectivity index (χ0v) is 7.84. The molecule has 15 heavy (non-hydrogen) atoms. The van der Waals surface area contributed by atoms with Crippen molar-refractivity contribution >= 4 is 5.97 Å². The Kier molecular flexibility index (Phi) is 2.45.